The number of rotatable bonds is 7. The highest BCUT2D eigenvalue weighted by Crippen LogP contribution is 2.42. The van der Waals surface area contributed by atoms with E-state index in [0.29, 0.717) is 6.54 Å². The van der Waals surface area contributed by atoms with Crippen molar-refractivity contribution >= 4 is 41.1 Å². The predicted molar refractivity (Wildman–Crippen MR) is 120 cm³/mol. The molecule has 0 radical (unpaired) electrons. The summed E-state index contributed by atoms with van der Waals surface area (Å²) in [4.78, 5) is 12.4. The zero-order valence-electron chi connectivity index (χ0n) is 16.5. The minimum Gasteiger partial charge on any atom is -0.481 e. The van der Waals surface area contributed by atoms with Gasteiger partial charge in [-0.1, -0.05) is 37.3 Å². The van der Waals surface area contributed by atoms with Crippen LogP contribution in [-0.2, 0) is 17.8 Å². The maximum atomic E-state index is 11.5. The largest absolute Gasteiger partial charge is 0.481 e. The van der Waals surface area contributed by atoms with Crippen molar-refractivity contribution < 1.29 is 9.90 Å². The van der Waals surface area contributed by atoms with Crippen LogP contribution < -0.4 is 0 Å². The Hall–Kier alpha value is -1.65. The fourth-order valence-electron chi connectivity index (χ4n) is 4.33. The number of fused-ring (bicyclic) bond motifs is 3. The summed E-state index contributed by atoms with van der Waals surface area (Å²) in [5.74, 6) is -0.693. The molecular weight excluding hydrogens is 390 g/mol. The van der Waals surface area contributed by atoms with Crippen LogP contribution in [-0.4, -0.2) is 21.0 Å². The zero-order valence-corrected chi connectivity index (χ0v) is 18.1. The molecule has 1 aromatic carbocycles. The molecule has 150 valence electrons. The number of aromatic nitrogens is 1. The second-order valence-corrected chi connectivity index (χ2v) is 8.70. The summed E-state index contributed by atoms with van der Waals surface area (Å²) in [5.41, 5.74) is 4.78. The molecule has 1 heterocycles. The van der Waals surface area contributed by atoms with Gasteiger partial charge in [0.25, 0.3) is 0 Å². The van der Waals surface area contributed by atoms with Crippen molar-refractivity contribution in [3.63, 3.8) is 0 Å². The molecule has 3 rings (SSSR count). The molecule has 1 unspecified atom stereocenters. The molecule has 0 amide bonds. The molecular formula is C23H28ClNO2S. The smallest absolute Gasteiger partial charge is 0.304 e. The minimum absolute atomic E-state index is 0.0317. The molecule has 0 aliphatic heterocycles. The van der Waals surface area contributed by atoms with Crippen molar-refractivity contribution in [3.8, 4) is 0 Å². The number of alkyl halides is 1. The van der Waals surface area contributed by atoms with Gasteiger partial charge in [0, 0.05) is 33.8 Å². The van der Waals surface area contributed by atoms with E-state index in [1.165, 1.54) is 22.2 Å². The van der Waals surface area contributed by atoms with E-state index in [0.717, 1.165) is 36.1 Å². The van der Waals surface area contributed by atoms with Crippen LogP contribution in [0, 0.1) is 0 Å². The number of hydrogen-bond donors (Lipinski definition) is 2. The van der Waals surface area contributed by atoms with Crippen molar-refractivity contribution in [1.82, 2.24) is 4.57 Å². The first-order valence-electron chi connectivity index (χ1n) is 9.98. The van der Waals surface area contributed by atoms with E-state index in [1.54, 1.807) is 0 Å². The SMILES string of the molecule is CC/C=C(\C=C/C(C)Cl)Cn1c2c(c3cccc(S)c31)CCC[C@@H]2CC(=O)O. The third kappa shape index (κ3) is 4.49. The van der Waals surface area contributed by atoms with Crippen LogP contribution in [0.1, 0.15) is 56.7 Å². The topological polar surface area (TPSA) is 42.2 Å². The van der Waals surface area contributed by atoms with Crippen LogP contribution in [0.4, 0.5) is 0 Å². The van der Waals surface area contributed by atoms with Crippen molar-refractivity contribution in [2.24, 2.45) is 0 Å². The van der Waals surface area contributed by atoms with Gasteiger partial charge in [-0.2, -0.15) is 0 Å². The van der Waals surface area contributed by atoms with Crippen LogP contribution >= 0.6 is 24.2 Å². The number of hydrogen-bond acceptors (Lipinski definition) is 2. The van der Waals surface area contributed by atoms with Crippen LogP contribution in [0.2, 0.25) is 0 Å². The lowest BCUT2D eigenvalue weighted by molar-refractivity contribution is -0.137. The number of halogens is 1. The quantitative estimate of drug-likeness (QED) is 0.313. The number of nitrogens with zero attached hydrogens (tertiary/aromatic N) is 1. The van der Waals surface area contributed by atoms with Gasteiger partial charge in [-0.05, 0) is 49.8 Å². The van der Waals surface area contributed by atoms with Gasteiger partial charge < -0.3 is 9.67 Å². The highest BCUT2D eigenvalue weighted by Gasteiger charge is 2.29. The number of benzene rings is 1. The number of allylic oxidation sites excluding steroid dienone is 4. The summed E-state index contributed by atoms with van der Waals surface area (Å²) in [5, 5.41) is 10.6. The van der Waals surface area contributed by atoms with Gasteiger partial charge in [0.2, 0.25) is 0 Å². The Bertz CT molecular complexity index is 926. The molecule has 5 heteroatoms. The summed E-state index contributed by atoms with van der Waals surface area (Å²) in [6, 6.07) is 6.20. The van der Waals surface area contributed by atoms with Crippen LogP contribution in [0.15, 0.2) is 46.9 Å². The molecule has 0 spiro atoms. The number of carboxylic acids is 1. The summed E-state index contributed by atoms with van der Waals surface area (Å²) in [6.45, 7) is 4.77. The number of carboxylic acid groups (broad SMARTS) is 1. The van der Waals surface area contributed by atoms with Crippen LogP contribution in [0.5, 0.6) is 0 Å². The van der Waals surface area contributed by atoms with Gasteiger partial charge in [-0.15, -0.1) is 24.2 Å². The normalized spacial score (nSPS) is 18.6. The van der Waals surface area contributed by atoms with Crippen LogP contribution in [0.3, 0.4) is 0 Å². The standard InChI is InChI=1S/C23H28ClNO2S/c1-3-6-16(12-11-15(2)24)14-25-22-17(13-21(26)27)7-4-8-18(22)19-9-5-10-20(28)23(19)25/h5-6,9-12,15,17,28H,3-4,7-8,13-14H2,1-2H3,(H,26,27)/b12-11-,16-6+/t15?,17-/m1/s1. The van der Waals surface area contributed by atoms with Gasteiger partial charge in [0.15, 0.2) is 0 Å². The first kappa shape index (κ1) is 21.1. The molecule has 0 bridgehead atoms. The maximum absolute atomic E-state index is 11.5. The Morgan fingerprint density at radius 3 is 2.93 bits per heavy atom. The van der Waals surface area contributed by atoms with Gasteiger partial charge in [0.1, 0.15) is 0 Å². The Kier molecular flexibility index (Phi) is 6.95. The summed E-state index contributed by atoms with van der Waals surface area (Å²) in [7, 11) is 0. The van der Waals surface area contributed by atoms with E-state index >= 15 is 0 Å². The van der Waals surface area contributed by atoms with E-state index in [-0.39, 0.29) is 17.7 Å². The molecule has 1 aromatic heterocycles. The van der Waals surface area contributed by atoms with Gasteiger partial charge in [-0.3, -0.25) is 4.79 Å². The monoisotopic (exact) mass is 417 g/mol. The molecule has 28 heavy (non-hydrogen) atoms. The summed E-state index contributed by atoms with van der Waals surface area (Å²) >= 11 is 10.9. The number of aryl methyl sites for hydroxylation is 1. The van der Waals surface area contributed by atoms with E-state index in [9.17, 15) is 9.90 Å². The Morgan fingerprint density at radius 1 is 1.46 bits per heavy atom. The molecule has 2 atom stereocenters. The fraction of sp³-hybridized carbons (Fsp3) is 0.435. The number of para-hydroxylation sites is 1. The lowest BCUT2D eigenvalue weighted by Gasteiger charge is -2.25. The van der Waals surface area contributed by atoms with Gasteiger partial charge >= 0.3 is 5.97 Å². The Morgan fingerprint density at radius 2 is 2.25 bits per heavy atom. The van der Waals surface area contributed by atoms with Gasteiger partial charge in [-0.25, -0.2) is 0 Å². The van der Waals surface area contributed by atoms with Crippen molar-refractivity contribution in [1.29, 1.82) is 0 Å². The molecule has 0 fully saturated rings. The minimum atomic E-state index is -0.735. The average Bonchev–Trinajstić information content (AvgIpc) is 2.95. The molecule has 0 saturated heterocycles. The fourth-order valence-corrected chi connectivity index (χ4v) is 4.73. The molecule has 1 aliphatic carbocycles. The van der Waals surface area contributed by atoms with Crippen molar-refractivity contribution in [3.05, 3.63) is 53.3 Å². The maximum Gasteiger partial charge on any atom is 0.304 e. The highest BCUT2D eigenvalue weighted by molar-refractivity contribution is 7.80. The molecule has 1 N–H and O–H groups in total. The predicted octanol–water partition coefficient (Wildman–Crippen LogP) is 6.34. The highest BCUT2D eigenvalue weighted by atomic mass is 35.5. The Labute approximate surface area is 177 Å². The van der Waals surface area contributed by atoms with Crippen LogP contribution in [0.25, 0.3) is 10.9 Å². The summed E-state index contributed by atoms with van der Waals surface area (Å²) in [6.07, 6.45) is 10.3. The van der Waals surface area contributed by atoms with Crippen molar-refractivity contribution in [2.75, 3.05) is 0 Å². The lowest BCUT2D eigenvalue weighted by atomic mass is 9.84. The third-order valence-electron chi connectivity index (χ3n) is 5.38. The summed E-state index contributed by atoms with van der Waals surface area (Å²) < 4.78 is 2.31. The first-order chi connectivity index (χ1) is 13.4. The van der Waals surface area contributed by atoms with E-state index in [4.69, 9.17) is 24.2 Å². The third-order valence-corrected chi connectivity index (χ3v) is 5.89. The molecule has 3 nitrogen and oxygen atoms in total. The molecule has 2 aromatic rings. The zero-order chi connectivity index (χ0) is 20.3. The van der Waals surface area contributed by atoms with Gasteiger partial charge in [0.05, 0.1) is 11.9 Å². The average molecular weight is 418 g/mol. The molecule has 1 aliphatic rings. The second kappa shape index (κ2) is 9.23. The lowest BCUT2D eigenvalue weighted by Crippen LogP contribution is -2.17. The first-order valence-corrected chi connectivity index (χ1v) is 10.9. The second-order valence-electron chi connectivity index (χ2n) is 7.53. The van der Waals surface area contributed by atoms with E-state index in [2.05, 4.69) is 29.7 Å². The number of thiol groups is 1. The molecule has 0 saturated carbocycles. The Balaban J connectivity index is 2.17. The van der Waals surface area contributed by atoms with E-state index in [1.807, 2.05) is 25.1 Å². The number of aliphatic carboxylic acids is 1. The number of carbonyl (C=O) groups is 1. The van der Waals surface area contributed by atoms with E-state index < -0.39 is 5.97 Å². The van der Waals surface area contributed by atoms with Crippen molar-refractivity contribution in [2.45, 2.75) is 68.7 Å².